The first kappa shape index (κ1) is 16.0. The van der Waals surface area contributed by atoms with E-state index in [1.807, 2.05) is 25.1 Å². The van der Waals surface area contributed by atoms with Crippen LogP contribution < -0.4 is 10.6 Å². The van der Waals surface area contributed by atoms with Gasteiger partial charge in [-0.05, 0) is 57.3 Å². The Kier molecular flexibility index (Phi) is 6.70. The average molecular weight is 290 g/mol. The smallest absolute Gasteiger partial charge is 0.323 e. The Bertz CT molecular complexity index is 416. The number of nitrogens with one attached hydrogen (secondary N) is 2. The maximum Gasteiger partial charge on any atom is 0.323 e. The van der Waals surface area contributed by atoms with Gasteiger partial charge in [0.1, 0.15) is 6.04 Å². The standard InChI is InChI=1S/C17H26N2O2/c1-2-21-17(20)16(11-14-7-4-3-5-8-14)19-13-15-9-6-10-18-12-15/h3-5,7-8,15-16,18-19H,2,6,9-13H2,1H3. The lowest BCUT2D eigenvalue weighted by Crippen LogP contribution is -2.44. The second-order valence-electron chi connectivity index (χ2n) is 5.61. The maximum absolute atomic E-state index is 12.1. The molecule has 2 rings (SSSR count). The summed E-state index contributed by atoms with van der Waals surface area (Å²) < 4.78 is 5.20. The number of carbonyl (C=O) groups is 1. The summed E-state index contributed by atoms with van der Waals surface area (Å²) >= 11 is 0. The largest absolute Gasteiger partial charge is 0.465 e. The van der Waals surface area contributed by atoms with Crippen LogP contribution in [-0.4, -0.2) is 38.3 Å². The monoisotopic (exact) mass is 290 g/mol. The van der Waals surface area contributed by atoms with Gasteiger partial charge in [0.2, 0.25) is 0 Å². The van der Waals surface area contributed by atoms with Crippen molar-refractivity contribution >= 4 is 5.97 Å². The van der Waals surface area contributed by atoms with E-state index in [1.54, 1.807) is 0 Å². The molecule has 0 amide bonds. The highest BCUT2D eigenvalue weighted by molar-refractivity contribution is 5.76. The Hall–Kier alpha value is -1.39. The van der Waals surface area contributed by atoms with E-state index in [1.165, 1.54) is 12.8 Å². The first-order valence-corrected chi connectivity index (χ1v) is 7.94. The number of benzene rings is 1. The summed E-state index contributed by atoms with van der Waals surface area (Å²) in [6.07, 6.45) is 3.12. The van der Waals surface area contributed by atoms with Crippen molar-refractivity contribution < 1.29 is 9.53 Å². The van der Waals surface area contributed by atoms with Gasteiger partial charge in [-0.25, -0.2) is 0 Å². The summed E-state index contributed by atoms with van der Waals surface area (Å²) in [5.74, 6) is 0.455. The van der Waals surface area contributed by atoms with Gasteiger partial charge in [0, 0.05) is 0 Å². The normalized spacial score (nSPS) is 20.0. The topological polar surface area (TPSA) is 50.4 Å². The first-order chi connectivity index (χ1) is 10.3. The summed E-state index contributed by atoms with van der Waals surface area (Å²) in [7, 11) is 0. The van der Waals surface area contributed by atoms with Gasteiger partial charge >= 0.3 is 5.97 Å². The van der Waals surface area contributed by atoms with Crippen LogP contribution in [0.1, 0.15) is 25.3 Å². The van der Waals surface area contributed by atoms with Crippen molar-refractivity contribution in [2.45, 2.75) is 32.2 Å². The van der Waals surface area contributed by atoms with Crippen LogP contribution in [0.3, 0.4) is 0 Å². The molecule has 1 saturated heterocycles. The van der Waals surface area contributed by atoms with E-state index in [0.29, 0.717) is 18.9 Å². The second kappa shape index (κ2) is 8.80. The molecule has 2 atom stereocenters. The molecule has 0 aliphatic carbocycles. The fraction of sp³-hybridized carbons (Fsp3) is 0.588. The van der Waals surface area contributed by atoms with Crippen molar-refractivity contribution in [2.75, 3.05) is 26.2 Å². The molecule has 1 heterocycles. The fourth-order valence-electron chi connectivity index (χ4n) is 2.74. The predicted molar refractivity (Wildman–Crippen MR) is 84.2 cm³/mol. The SMILES string of the molecule is CCOC(=O)C(Cc1ccccc1)NCC1CCCNC1. The van der Waals surface area contributed by atoms with Gasteiger partial charge in [-0.1, -0.05) is 30.3 Å². The van der Waals surface area contributed by atoms with Crippen molar-refractivity contribution in [1.29, 1.82) is 0 Å². The van der Waals surface area contributed by atoms with E-state index >= 15 is 0 Å². The fourth-order valence-corrected chi connectivity index (χ4v) is 2.74. The zero-order valence-electron chi connectivity index (χ0n) is 12.8. The van der Waals surface area contributed by atoms with Crippen LogP contribution in [0.5, 0.6) is 0 Å². The number of piperidine rings is 1. The van der Waals surface area contributed by atoms with E-state index in [9.17, 15) is 4.79 Å². The van der Waals surface area contributed by atoms with Crippen molar-refractivity contribution in [3.8, 4) is 0 Å². The van der Waals surface area contributed by atoms with E-state index in [-0.39, 0.29) is 12.0 Å². The minimum atomic E-state index is -0.255. The lowest BCUT2D eigenvalue weighted by molar-refractivity contribution is -0.145. The number of hydrogen-bond acceptors (Lipinski definition) is 4. The highest BCUT2D eigenvalue weighted by atomic mass is 16.5. The Labute approximate surface area is 127 Å². The lowest BCUT2D eigenvalue weighted by Gasteiger charge is -2.25. The van der Waals surface area contributed by atoms with E-state index in [2.05, 4.69) is 22.8 Å². The van der Waals surface area contributed by atoms with Gasteiger partial charge in [-0.3, -0.25) is 4.79 Å². The number of carbonyl (C=O) groups excluding carboxylic acids is 1. The molecule has 21 heavy (non-hydrogen) atoms. The van der Waals surface area contributed by atoms with Crippen LogP contribution in [0.25, 0.3) is 0 Å². The van der Waals surface area contributed by atoms with Crippen molar-refractivity contribution in [3.05, 3.63) is 35.9 Å². The zero-order chi connectivity index (χ0) is 14.9. The molecule has 0 radical (unpaired) electrons. The molecular weight excluding hydrogens is 264 g/mol. The Balaban J connectivity index is 1.89. The summed E-state index contributed by atoms with van der Waals surface area (Å²) in [4.78, 5) is 12.1. The van der Waals surface area contributed by atoms with E-state index < -0.39 is 0 Å². The third-order valence-corrected chi connectivity index (χ3v) is 3.91. The molecule has 0 spiro atoms. The third-order valence-electron chi connectivity index (χ3n) is 3.91. The van der Waals surface area contributed by atoms with Crippen molar-refractivity contribution in [1.82, 2.24) is 10.6 Å². The molecule has 1 aromatic carbocycles. The van der Waals surface area contributed by atoms with Gasteiger partial charge in [0.25, 0.3) is 0 Å². The zero-order valence-corrected chi connectivity index (χ0v) is 12.8. The highest BCUT2D eigenvalue weighted by Crippen LogP contribution is 2.10. The molecule has 0 bridgehead atoms. The quantitative estimate of drug-likeness (QED) is 0.751. The molecule has 0 saturated carbocycles. The van der Waals surface area contributed by atoms with E-state index in [0.717, 1.165) is 25.2 Å². The molecule has 4 heteroatoms. The third kappa shape index (κ3) is 5.48. The van der Waals surface area contributed by atoms with E-state index in [4.69, 9.17) is 4.74 Å². The Morgan fingerprint density at radius 3 is 2.90 bits per heavy atom. The molecule has 1 aromatic rings. The van der Waals surface area contributed by atoms with Crippen LogP contribution in [0.15, 0.2) is 30.3 Å². The predicted octanol–water partition coefficient (Wildman–Crippen LogP) is 1.75. The molecule has 1 aliphatic rings. The summed E-state index contributed by atoms with van der Waals surface area (Å²) in [6, 6.07) is 9.84. The molecule has 4 nitrogen and oxygen atoms in total. The molecule has 1 aliphatic heterocycles. The first-order valence-electron chi connectivity index (χ1n) is 7.94. The molecule has 0 aromatic heterocycles. The van der Waals surface area contributed by atoms with Crippen molar-refractivity contribution in [3.63, 3.8) is 0 Å². The second-order valence-corrected chi connectivity index (χ2v) is 5.61. The van der Waals surface area contributed by atoms with Gasteiger partial charge in [0.15, 0.2) is 0 Å². The molecule has 2 unspecified atom stereocenters. The minimum Gasteiger partial charge on any atom is -0.465 e. The Morgan fingerprint density at radius 2 is 2.24 bits per heavy atom. The van der Waals surface area contributed by atoms with Crippen LogP contribution in [0, 0.1) is 5.92 Å². The van der Waals surface area contributed by atoms with Crippen LogP contribution in [0.2, 0.25) is 0 Å². The highest BCUT2D eigenvalue weighted by Gasteiger charge is 2.22. The molecule has 116 valence electrons. The summed E-state index contributed by atoms with van der Waals surface area (Å²) in [5.41, 5.74) is 1.16. The number of rotatable bonds is 7. The Morgan fingerprint density at radius 1 is 1.43 bits per heavy atom. The maximum atomic E-state index is 12.1. The molecular formula is C17H26N2O2. The number of esters is 1. The van der Waals surface area contributed by atoms with Gasteiger partial charge in [0.05, 0.1) is 6.61 Å². The van der Waals surface area contributed by atoms with Crippen molar-refractivity contribution in [2.24, 2.45) is 5.92 Å². The van der Waals surface area contributed by atoms with Gasteiger partial charge < -0.3 is 15.4 Å². The van der Waals surface area contributed by atoms with Gasteiger partial charge in [-0.2, -0.15) is 0 Å². The average Bonchev–Trinajstić information content (AvgIpc) is 2.53. The summed E-state index contributed by atoms with van der Waals surface area (Å²) in [5, 5.41) is 6.81. The van der Waals surface area contributed by atoms with Crippen LogP contribution >= 0.6 is 0 Å². The van der Waals surface area contributed by atoms with Crippen LogP contribution in [-0.2, 0) is 16.0 Å². The lowest BCUT2D eigenvalue weighted by atomic mass is 9.98. The molecule has 2 N–H and O–H groups in total. The van der Waals surface area contributed by atoms with Gasteiger partial charge in [-0.15, -0.1) is 0 Å². The molecule has 1 fully saturated rings. The minimum absolute atomic E-state index is 0.148. The van der Waals surface area contributed by atoms with Crippen LogP contribution in [0.4, 0.5) is 0 Å². The summed E-state index contributed by atoms with van der Waals surface area (Å²) in [6.45, 7) is 5.29. The number of hydrogen-bond donors (Lipinski definition) is 2. The number of ether oxygens (including phenoxy) is 1.